The van der Waals surface area contributed by atoms with Crippen LogP contribution in [0, 0.1) is 0 Å². The van der Waals surface area contributed by atoms with E-state index >= 15 is 0 Å². The second-order valence-electron chi connectivity index (χ2n) is 5.90. The largest absolute Gasteiger partial charge is 0.346 e. The standard InChI is InChI=1S/C15H17FN6OS/c1-2-24(23)21-8-15(7-16,9-21)22-6-11(5-20-22)13-12-3-4-17-14(12)19-10-18-13/h3-6,10H,2,7-9H2,1H3,(H,17,18,19). The molecule has 0 radical (unpaired) electrons. The zero-order valence-corrected chi connectivity index (χ0v) is 14.0. The van der Waals surface area contributed by atoms with Crippen LogP contribution in [0.4, 0.5) is 4.39 Å². The maximum atomic E-state index is 13.7. The van der Waals surface area contributed by atoms with Gasteiger partial charge in [0.2, 0.25) is 0 Å². The van der Waals surface area contributed by atoms with Crippen LogP contribution in [-0.2, 0) is 16.5 Å². The van der Waals surface area contributed by atoms with E-state index in [9.17, 15) is 8.60 Å². The number of alkyl halides is 1. The van der Waals surface area contributed by atoms with Gasteiger partial charge in [0.1, 0.15) is 24.2 Å². The molecule has 1 fully saturated rings. The predicted molar refractivity (Wildman–Crippen MR) is 89.3 cm³/mol. The topological polar surface area (TPSA) is 79.7 Å². The fourth-order valence-corrected chi connectivity index (χ4v) is 4.17. The molecule has 0 bridgehead atoms. The van der Waals surface area contributed by atoms with Crippen LogP contribution in [0.25, 0.3) is 22.3 Å². The van der Waals surface area contributed by atoms with Crippen molar-refractivity contribution in [3.05, 3.63) is 31.0 Å². The molecule has 7 nitrogen and oxygen atoms in total. The molecule has 1 aliphatic heterocycles. The molecule has 4 heterocycles. The summed E-state index contributed by atoms with van der Waals surface area (Å²) in [6.07, 6.45) is 6.79. The van der Waals surface area contributed by atoms with Crippen molar-refractivity contribution >= 4 is 22.0 Å². The molecule has 1 atom stereocenters. The smallest absolute Gasteiger partial charge is 0.141 e. The van der Waals surface area contributed by atoms with Crippen LogP contribution in [0.5, 0.6) is 0 Å². The molecule has 0 spiro atoms. The summed E-state index contributed by atoms with van der Waals surface area (Å²) in [5.41, 5.74) is 1.58. The van der Waals surface area contributed by atoms with Crippen LogP contribution in [-0.4, -0.2) is 58.8 Å². The van der Waals surface area contributed by atoms with Gasteiger partial charge in [0, 0.05) is 42.2 Å². The number of nitrogens with one attached hydrogen (secondary N) is 1. The van der Waals surface area contributed by atoms with Crippen LogP contribution in [0.2, 0.25) is 0 Å². The third-order valence-electron chi connectivity index (χ3n) is 4.42. The summed E-state index contributed by atoms with van der Waals surface area (Å²) < 4.78 is 29.0. The lowest BCUT2D eigenvalue weighted by Crippen LogP contribution is -2.64. The molecule has 3 aromatic rings. The summed E-state index contributed by atoms with van der Waals surface area (Å²) in [7, 11) is -1.05. The zero-order valence-electron chi connectivity index (χ0n) is 13.1. The van der Waals surface area contributed by atoms with Gasteiger partial charge in [0.05, 0.1) is 22.9 Å². The Morgan fingerprint density at radius 2 is 2.25 bits per heavy atom. The van der Waals surface area contributed by atoms with Crippen LogP contribution in [0.1, 0.15) is 6.92 Å². The average Bonchev–Trinajstić information content (AvgIpc) is 3.23. The quantitative estimate of drug-likeness (QED) is 0.757. The first-order valence-electron chi connectivity index (χ1n) is 7.70. The Kier molecular flexibility index (Phi) is 3.69. The van der Waals surface area contributed by atoms with Gasteiger partial charge in [0.25, 0.3) is 0 Å². The zero-order chi connectivity index (χ0) is 16.7. The summed E-state index contributed by atoms with van der Waals surface area (Å²) in [5, 5.41) is 5.25. The van der Waals surface area contributed by atoms with Crippen LogP contribution >= 0.6 is 0 Å². The Bertz CT molecular complexity index is 900. The second kappa shape index (κ2) is 5.75. The van der Waals surface area contributed by atoms with Crippen molar-refractivity contribution in [1.82, 2.24) is 29.0 Å². The van der Waals surface area contributed by atoms with E-state index in [-0.39, 0.29) is 0 Å². The van der Waals surface area contributed by atoms with Crippen molar-refractivity contribution in [3.8, 4) is 11.3 Å². The fraction of sp³-hybridized carbons (Fsp3) is 0.400. The summed E-state index contributed by atoms with van der Waals surface area (Å²) in [4.78, 5) is 11.6. The lowest BCUT2D eigenvalue weighted by atomic mass is 9.94. The molecule has 0 aliphatic carbocycles. The minimum atomic E-state index is -1.05. The molecule has 4 rings (SSSR count). The van der Waals surface area contributed by atoms with E-state index in [4.69, 9.17) is 0 Å². The third-order valence-corrected chi connectivity index (χ3v) is 5.75. The monoisotopic (exact) mass is 348 g/mol. The second-order valence-corrected chi connectivity index (χ2v) is 7.64. The summed E-state index contributed by atoms with van der Waals surface area (Å²) in [6, 6.07) is 1.91. The van der Waals surface area contributed by atoms with Gasteiger partial charge in [-0.3, -0.25) is 4.68 Å². The molecule has 1 unspecified atom stereocenters. The van der Waals surface area contributed by atoms with E-state index in [2.05, 4.69) is 20.1 Å². The van der Waals surface area contributed by atoms with Crippen LogP contribution < -0.4 is 0 Å². The highest BCUT2D eigenvalue weighted by Gasteiger charge is 2.47. The normalized spacial score (nSPS) is 18.6. The number of hydrogen-bond acceptors (Lipinski definition) is 4. The number of H-pyrrole nitrogens is 1. The summed E-state index contributed by atoms with van der Waals surface area (Å²) in [5.74, 6) is 0.541. The van der Waals surface area contributed by atoms with Crippen molar-refractivity contribution < 1.29 is 8.60 Å². The molecule has 0 aromatic carbocycles. The maximum Gasteiger partial charge on any atom is 0.141 e. The highest BCUT2D eigenvalue weighted by atomic mass is 32.2. The highest BCUT2D eigenvalue weighted by Crippen LogP contribution is 2.33. The molecule has 126 valence electrons. The number of halogens is 1. The minimum Gasteiger partial charge on any atom is -0.346 e. The predicted octanol–water partition coefficient (Wildman–Crippen LogP) is 1.49. The maximum absolute atomic E-state index is 13.7. The summed E-state index contributed by atoms with van der Waals surface area (Å²) in [6.45, 7) is 2.10. The average molecular weight is 348 g/mol. The third kappa shape index (κ3) is 2.27. The van der Waals surface area contributed by atoms with Crippen molar-refractivity contribution in [2.24, 2.45) is 0 Å². The van der Waals surface area contributed by atoms with E-state index in [1.165, 1.54) is 6.33 Å². The number of hydrogen-bond donors (Lipinski definition) is 1. The lowest BCUT2D eigenvalue weighted by molar-refractivity contribution is 0.0451. The Balaban J connectivity index is 1.65. The molecular formula is C15H17FN6OS. The van der Waals surface area contributed by atoms with Gasteiger partial charge in [-0.1, -0.05) is 6.92 Å². The molecule has 0 saturated carbocycles. The molecule has 9 heteroatoms. The Morgan fingerprint density at radius 1 is 1.42 bits per heavy atom. The van der Waals surface area contributed by atoms with E-state index in [0.29, 0.717) is 18.8 Å². The van der Waals surface area contributed by atoms with Gasteiger partial charge in [-0.2, -0.15) is 5.10 Å². The number of nitrogens with zero attached hydrogens (tertiary/aromatic N) is 5. The van der Waals surface area contributed by atoms with Gasteiger partial charge >= 0.3 is 0 Å². The SMILES string of the molecule is CCS(=O)N1CC(CF)(n2cc(-c3ncnc4[nH]ccc34)cn2)C1. The van der Waals surface area contributed by atoms with Crippen molar-refractivity contribution in [2.75, 3.05) is 25.5 Å². The van der Waals surface area contributed by atoms with Gasteiger partial charge in [0.15, 0.2) is 0 Å². The number of aromatic amines is 1. The molecule has 1 N–H and O–H groups in total. The van der Waals surface area contributed by atoms with E-state index in [1.807, 2.05) is 13.0 Å². The van der Waals surface area contributed by atoms with Gasteiger partial charge in [-0.15, -0.1) is 0 Å². The molecular weight excluding hydrogens is 331 g/mol. The van der Waals surface area contributed by atoms with E-state index in [0.717, 1.165) is 22.3 Å². The first kappa shape index (κ1) is 15.4. The Hall–Kier alpha value is -2.13. The van der Waals surface area contributed by atoms with Gasteiger partial charge in [-0.25, -0.2) is 22.9 Å². The van der Waals surface area contributed by atoms with Crippen LogP contribution in [0.3, 0.4) is 0 Å². The van der Waals surface area contributed by atoms with Crippen molar-refractivity contribution in [1.29, 1.82) is 0 Å². The minimum absolute atomic E-state index is 0.397. The van der Waals surface area contributed by atoms with Crippen molar-refractivity contribution in [3.63, 3.8) is 0 Å². The Labute approximate surface area is 140 Å². The molecule has 0 amide bonds. The van der Waals surface area contributed by atoms with Gasteiger partial charge < -0.3 is 4.98 Å². The number of aromatic nitrogens is 5. The van der Waals surface area contributed by atoms with Crippen LogP contribution in [0.15, 0.2) is 31.0 Å². The van der Waals surface area contributed by atoms with E-state index in [1.54, 1.807) is 27.6 Å². The number of rotatable bonds is 5. The van der Waals surface area contributed by atoms with E-state index < -0.39 is 23.2 Å². The molecule has 1 aliphatic rings. The first-order valence-corrected chi connectivity index (χ1v) is 8.97. The fourth-order valence-electron chi connectivity index (χ4n) is 3.03. The highest BCUT2D eigenvalue weighted by molar-refractivity contribution is 7.82. The van der Waals surface area contributed by atoms with Gasteiger partial charge in [-0.05, 0) is 6.07 Å². The van der Waals surface area contributed by atoms with Crippen molar-refractivity contribution in [2.45, 2.75) is 12.5 Å². The Morgan fingerprint density at radius 3 is 3.00 bits per heavy atom. The first-order chi connectivity index (χ1) is 11.7. The molecule has 3 aromatic heterocycles. The lowest BCUT2D eigenvalue weighted by Gasteiger charge is -2.47. The molecule has 24 heavy (non-hydrogen) atoms. The number of fused-ring (bicyclic) bond motifs is 1. The molecule has 1 saturated heterocycles. The summed E-state index contributed by atoms with van der Waals surface area (Å²) >= 11 is 0.